The quantitative estimate of drug-likeness (QED) is 0.280. The van der Waals surface area contributed by atoms with Gasteiger partial charge in [-0.3, -0.25) is 0 Å². The Morgan fingerprint density at radius 1 is 2.00 bits per heavy atom. The summed E-state index contributed by atoms with van der Waals surface area (Å²) in [6, 6.07) is 0. The first kappa shape index (κ1) is 7.65. The molecule has 0 bridgehead atoms. The van der Waals surface area contributed by atoms with E-state index in [0.717, 1.165) is 0 Å². The summed E-state index contributed by atoms with van der Waals surface area (Å²) >= 11 is 2.33. The number of hydrogen-bond donors (Lipinski definition) is 0. The van der Waals surface area contributed by atoms with Crippen molar-refractivity contribution < 1.29 is 0 Å². The third-order valence-corrected chi connectivity index (χ3v) is 6.86. The molecule has 0 aromatic heterocycles. The van der Waals surface area contributed by atoms with Gasteiger partial charge >= 0.3 is 0 Å². The summed E-state index contributed by atoms with van der Waals surface area (Å²) < 4.78 is 0.600. The van der Waals surface area contributed by atoms with Gasteiger partial charge in [0.2, 0.25) is 0 Å². The van der Waals surface area contributed by atoms with Crippen LogP contribution < -0.4 is 0 Å². The predicted octanol–water partition coefficient (Wildman–Crippen LogP) is 2.18. The van der Waals surface area contributed by atoms with Gasteiger partial charge in [0.15, 0.2) is 0 Å². The topological polar surface area (TPSA) is 0 Å². The van der Waals surface area contributed by atoms with Gasteiger partial charge in [-0.15, -0.1) is 16.4 Å². The summed E-state index contributed by atoms with van der Waals surface area (Å²) in [4.78, 5) is 0. The molecular formula is C2H7BIP2-. The zero-order chi connectivity index (χ0) is 5.15. The molecule has 0 N–H and O–H groups in total. The van der Waals surface area contributed by atoms with E-state index in [0.29, 0.717) is 4.29 Å². The van der Waals surface area contributed by atoms with Crippen molar-refractivity contribution >= 4 is 43.1 Å². The Hall–Kier alpha value is 1.65. The number of halogens is 1. The Morgan fingerprint density at radius 3 is 2.17 bits per heavy atom. The molecule has 0 amide bonds. The summed E-state index contributed by atoms with van der Waals surface area (Å²) in [5.74, 6) is 0. The highest BCUT2D eigenvalue weighted by Crippen LogP contribution is 2.44. The lowest BCUT2D eigenvalue weighted by Crippen LogP contribution is -1.84. The molecule has 0 aliphatic rings. The smallest absolute Gasteiger partial charge is 0.0859 e. The van der Waals surface area contributed by atoms with Crippen molar-refractivity contribution in [1.82, 2.24) is 0 Å². The van der Waals surface area contributed by atoms with Crippen molar-refractivity contribution in [2.75, 3.05) is 6.66 Å². The van der Waals surface area contributed by atoms with E-state index < -0.39 is 0 Å². The van der Waals surface area contributed by atoms with E-state index in [1.54, 1.807) is 0 Å². The minimum Gasteiger partial charge on any atom is -0.349 e. The Labute approximate surface area is 56.6 Å². The van der Waals surface area contributed by atoms with E-state index in [2.05, 4.69) is 44.8 Å². The molecule has 0 heterocycles. The maximum atomic E-state index is 3.83. The second kappa shape index (κ2) is 3.63. The molecule has 0 aliphatic carbocycles. The lowest BCUT2D eigenvalue weighted by Gasteiger charge is -2.08. The van der Waals surface area contributed by atoms with Crippen LogP contribution in [0, 0.1) is 6.82 Å². The summed E-state index contributed by atoms with van der Waals surface area (Å²) in [6.45, 7) is 6.03. The monoisotopic (exact) mass is 231 g/mol. The second-order valence-electron chi connectivity index (χ2n) is 1.10. The predicted molar refractivity (Wildman–Crippen MR) is 47.7 cm³/mol. The Morgan fingerprint density at radius 2 is 2.17 bits per heavy atom. The molecule has 6 heavy (non-hydrogen) atoms. The second-order valence-corrected chi connectivity index (χ2v) is 7.99. The fourth-order valence-corrected chi connectivity index (χ4v) is 0. The molecule has 0 aromatic carbocycles. The van der Waals surface area contributed by atoms with Crippen LogP contribution in [-0.2, 0) is 0 Å². The lowest BCUT2D eigenvalue weighted by atomic mass is 10.2. The maximum absolute atomic E-state index is 3.83. The average molecular weight is 231 g/mol. The van der Waals surface area contributed by atoms with E-state index >= 15 is 0 Å². The molecule has 0 fully saturated rings. The van der Waals surface area contributed by atoms with E-state index in [1.165, 1.54) is 0 Å². The van der Waals surface area contributed by atoms with E-state index in [4.69, 9.17) is 0 Å². The molecule has 0 rings (SSSR count). The fraction of sp³-hybridized carbons (Fsp3) is 0.500. The largest absolute Gasteiger partial charge is 0.349 e. The number of hydrogen-bond acceptors (Lipinski definition) is 0. The lowest BCUT2D eigenvalue weighted by molar-refractivity contribution is 2.48. The van der Waals surface area contributed by atoms with Gasteiger partial charge in [0.25, 0.3) is 0 Å². The molecule has 0 spiro atoms. The molecule has 0 aromatic rings. The molecule has 0 saturated heterocycles. The van der Waals surface area contributed by atoms with Gasteiger partial charge in [-0.05, 0) is 0 Å². The van der Waals surface area contributed by atoms with Crippen molar-refractivity contribution in [1.29, 1.82) is 0 Å². The van der Waals surface area contributed by atoms with E-state index in [9.17, 15) is 0 Å². The summed E-state index contributed by atoms with van der Waals surface area (Å²) in [7, 11) is 2.90. The van der Waals surface area contributed by atoms with Gasteiger partial charge in [-0.1, -0.05) is 6.66 Å². The zero-order valence-corrected chi connectivity index (χ0v) is 7.89. The summed E-state index contributed by atoms with van der Waals surface area (Å²) in [6.07, 6.45) is 0. The third-order valence-electron chi connectivity index (χ3n) is 0.442. The van der Waals surface area contributed by atoms with Crippen LogP contribution in [0.3, 0.4) is 0 Å². The van der Waals surface area contributed by atoms with Crippen LogP contribution in [0.25, 0.3) is 0 Å². The van der Waals surface area contributed by atoms with Gasteiger partial charge < -0.3 is 6.82 Å². The maximum Gasteiger partial charge on any atom is 0.0859 e. The van der Waals surface area contributed by atoms with Crippen LogP contribution in [-0.4, -0.2) is 11.0 Å². The van der Waals surface area contributed by atoms with Gasteiger partial charge in [0.05, 0.1) is 4.29 Å². The highest BCUT2D eigenvalue weighted by molar-refractivity contribution is 14.1. The van der Waals surface area contributed by atoms with Gasteiger partial charge in [-0.25, -0.2) is 0 Å². The van der Waals surface area contributed by atoms with Gasteiger partial charge in [0, 0.05) is 0 Å². The first-order valence-corrected chi connectivity index (χ1v) is 6.31. The normalized spacial score (nSPS) is 14.0. The Kier molecular flexibility index (Phi) is 4.63. The number of rotatable bonds is 1. The van der Waals surface area contributed by atoms with Gasteiger partial charge in [-0.2, -0.15) is 22.4 Å². The molecule has 2 atom stereocenters. The molecule has 0 aliphatic heterocycles. The van der Waals surface area contributed by atoms with Crippen molar-refractivity contribution in [3.63, 3.8) is 0 Å². The van der Waals surface area contributed by atoms with Crippen molar-refractivity contribution in [3.05, 3.63) is 6.82 Å². The summed E-state index contributed by atoms with van der Waals surface area (Å²) in [5, 5.41) is 0. The fourth-order valence-electron chi connectivity index (χ4n) is 0. The third kappa shape index (κ3) is 3.83. The molecule has 36 valence electrons. The standard InChI is InChI=1S/C2H7BIP2/c1-3(4)6(2)5/h1,5H2,2H3/q-1. The highest BCUT2D eigenvalue weighted by Gasteiger charge is 1.93. The minimum absolute atomic E-state index is 0.133. The van der Waals surface area contributed by atoms with Crippen LogP contribution in [0.1, 0.15) is 0 Å². The summed E-state index contributed by atoms with van der Waals surface area (Å²) in [5.41, 5.74) is 0. The van der Waals surface area contributed by atoms with Crippen molar-refractivity contribution in [3.8, 4) is 0 Å². The van der Waals surface area contributed by atoms with Crippen LogP contribution >= 0.6 is 38.8 Å². The van der Waals surface area contributed by atoms with Crippen molar-refractivity contribution in [2.45, 2.75) is 0 Å². The van der Waals surface area contributed by atoms with Crippen LogP contribution in [0.2, 0.25) is 0 Å². The molecular weight excluding hydrogens is 224 g/mol. The first-order chi connectivity index (χ1) is 2.64. The molecule has 0 saturated carbocycles. The van der Waals surface area contributed by atoms with E-state index in [-0.39, 0.29) is 7.49 Å². The van der Waals surface area contributed by atoms with E-state index in [1.807, 2.05) is 0 Å². The molecule has 0 nitrogen and oxygen atoms in total. The SMILES string of the molecule is [CH2-]B(I)P(C)P. The Bertz CT molecular complexity index is 32.5. The van der Waals surface area contributed by atoms with Crippen LogP contribution in [0.4, 0.5) is 0 Å². The molecule has 2 unspecified atom stereocenters. The first-order valence-electron chi connectivity index (χ1n) is 1.59. The van der Waals surface area contributed by atoms with Crippen molar-refractivity contribution in [2.24, 2.45) is 0 Å². The van der Waals surface area contributed by atoms with Gasteiger partial charge in [0.1, 0.15) is 0 Å². The minimum atomic E-state index is 0.133. The highest BCUT2D eigenvalue weighted by atomic mass is 127. The molecule has 4 heteroatoms. The van der Waals surface area contributed by atoms with Crippen LogP contribution in [0.5, 0.6) is 0 Å². The Balaban J connectivity index is 2.99. The zero-order valence-electron chi connectivity index (χ0n) is 3.69. The average Bonchev–Trinajstić information content (AvgIpc) is 1.36. The molecule has 0 radical (unpaired) electrons. The van der Waals surface area contributed by atoms with Crippen LogP contribution in [0.15, 0.2) is 0 Å².